The van der Waals surface area contributed by atoms with Gasteiger partial charge in [0.05, 0.1) is 16.8 Å². The van der Waals surface area contributed by atoms with Crippen molar-refractivity contribution in [2.75, 3.05) is 7.05 Å². The van der Waals surface area contributed by atoms with E-state index in [1.54, 1.807) is 6.20 Å². The summed E-state index contributed by atoms with van der Waals surface area (Å²) in [6, 6.07) is 12.5. The summed E-state index contributed by atoms with van der Waals surface area (Å²) in [5, 5.41) is 3.96. The second kappa shape index (κ2) is 5.98. The van der Waals surface area contributed by atoms with Gasteiger partial charge >= 0.3 is 0 Å². The fourth-order valence-electron chi connectivity index (χ4n) is 2.04. The number of nitrogens with zero attached hydrogens (tertiary/aromatic N) is 1. The Labute approximate surface area is 113 Å². The molecule has 2 rings (SSSR count). The second-order valence-electron chi connectivity index (χ2n) is 4.22. The quantitative estimate of drug-likeness (QED) is 0.909. The van der Waals surface area contributed by atoms with Crippen LogP contribution < -0.4 is 5.32 Å². The van der Waals surface area contributed by atoms with Crippen molar-refractivity contribution in [2.24, 2.45) is 0 Å². The predicted octanol–water partition coefficient (Wildman–Crippen LogP) is 3.61. The van der Waals surface area contributed by atoms with Gasteiger partial charge in [-0.1, -0.05) is 42.8 Å². The van der Waals surface area contributed by atoms with Gasteiger partial charge in [-0.25, -0.2) is 0 Å². The van der Waals surface area contributed by atoms with Crippen LogP contribution in [0.4, 0.5) is 0 Å². The molecule has 0 aliphatic carbocycles. The van der Waals surface area contributed by atoms with Gasteiger partial charge in [-0.15, -0.1) is 0 Å². The monoisotopic (exact) mass is 260 g/mol. The Morgan fingerprint density at radius 3 is 2.72 bits per heavy atom. The minimum atomic E-state index is 0.105. The Morgan fingerprint density at radius 2 is 2.11 bits per heavy atom. The molecule has 94 valence electrons. The maximum absolute atomic E-state index is 5.87. The minimum Gasteiger partial charge on any atom is -0.308 e. The van der Waals surface area contributed by atoms with Crippen molar-refractivity contribution >= 4 is 11.6 Å². The van der Waals surface area contributed by atoms with Gasteiger partial charge in [0.1, 0.15) is 0 Å². The highest BCUT2D eigenvalue weighted by atomic mass is 35.5. The van der Waals surface area contributed by atoms with Crippen molar-refractivity contribution in [3.8, 4) is 0 Å². The smallest absolute Gasteiger partial charge is 0.0749 e. The Bertz CT molecular complexity index is 508. The fraction of sp³-hybridized carbons (Fsp3) is 0.267. The van der Waals surface area contributed by atoms with Crippen LogP contribution in [0.1, 0.15) is 29.8 Å². The van der Waals surface area contributed by atoms with Crippen LogP contribution in [0.3, 0.4) is 0 Å². The zero-order chi connectivity index (χ0) is 13.0. The van der Waals surface area contributed by atoms with Crippen LogP contribution in [-0.2, 0) is 6.42 Å². The first-order valence-electron chi connectivity index (χ1n) is 6.12. The minimum absolute atomic E-state index is 0.105. The standard InChI is InChI=1S/C15H17ClN2/c1-3-11-5-4-6-12(9-11)15(17-2)14-8-7-13(16)10-18-14/h4-10,15,17H,3H2,1-2H3. The number of hydrogen-bond acceptors (Lipinski definition) is 2. The van der Waals surface area contributed by atoms with Gasteiger partial charge in [0.25, 0.3) is 0 Å². The molecule has 0 bridgehead atoms. The van der Waals surface area contributed by atoms with E-state index in [4.69, 9.17) is 11.6 Å². The fourth-order valence-corrected chi connectivity index (χ4v) is 2.15. The summed E-state index contributed by atoms with van der Waals surface area (Å²) in [5.41, 5.74) is 3.54. The van der Waals surface area contributed by atoms with Crippen LogP contribution in [0.2, 0.25) is 5.02 Å². The number of hydrogen-bond donors (Lipinski definition) is 1. The van der Waals surface area contributed by atoms with Crippen LogP contribution in [0.25, 0.3) is 0 Å². The van der Waals surface area contributed by atoms with Crippen LogP contribution in [0, 0.1) is 0 Å². The van der Waals surface area contributed by atoms with E-state index in [1.807, 2.05) is 19.2 Å². The molecule has 0 saturated heterocycles. The molecular formula is C15H17ClN2. The van der Waals surface area contributed by atoms with Crippen molar-refractivity contribution in [3.05, 3.63) is 64.4 Å². The molecule has 0 saturated carbocycles. The van der Waals surface area contributed by atoms with Crippen LogP contribution in [0.15, 0.2) is 42.6 Å². The first-order valence-corrected chi connectivity index (χ1v) is 6.50. The predicted molar refractivity (Wildman–Crippen MR) is 76.0 cm³/mol. The number of rotatable bonds is 4. The van der Waals surface area contributed by atoms with E-state index in [-0.39, 0.29) is 6.04 Å². The summed E-state index contributed by atoms with van der Waals surface area (Å²) in [7, 11) is 1.94. The van der Waals surface area contributed by atoms with Crippen molar-refractivity contribution in [1.29, 1.82) is 0 Å². The van der Waals surface area contributed by atoms with Gasteiger partial charge in [-0.05, 0) is 36.7 Å². The molecule has 2 aromatic rings. The molecule has 2 nitrogen and oxygen atoms in total. The van der Waals surface area contributed by atoms with E-state index in [0.717, 1.165) is 12.1 Å². The lowest BCUT2D eigenvalue weighted by Crippen LogP contribution is -2.18. The van der Waals surface area contributed by atoms with Gasteiger partial charge in [0, 0.05) is 6.20 Å². The summed E-state index contributed by atoms with van der Waals surface area (Å²) in [6.45, 7) is 2.16. The van der Waals surface area contributed by atoms with E-state index in [9.17, 15) is 0 Å². The summed E-state index contributed by atoms with van der Waals surface area (Å²) >= 11 is 5.87. The number of aryl methyl sites for hydroxylation is 1. The molecule has 0 aliphatic heterocycles. The topological polar surface area (TPSA) is 24.9 Å². The molecule has 1 N–H and O–H groups in total. The number of aromatic nitrogens is 1. The molecule has 0 fully saturated rings. The van der Waals surface area contributed by atoms with E-state index in [2.05, 4.69) is 41.5 Å². The summed E-state index contributed by atoms with van der Waals surface area (Å²) in [6.07, 6.45) is 2.73. The zero-order valence-electron chi connectivity index (χ0n) is 10.7. The number of halogens is 1. The van der Waals surface area contributed by atoms with Gasteiger partial charge in [-0.2, -0.15) is 0 Å². The molecule has 1 aromatic heterocycles. The molecule has 18 heavy (non-hydrogen) atoms. The van der Waals surface area contributed by atoms with Gasteiger partial charge < -0.3 is 5.32 Å². The average molecular weight is 261 g/mol. The maximum Gasteiger partial charge on any atom is 0.0749 e. The van der Waals surface area contributed by atoms with Crippen LogP contribution in [-0.4, -0.2) is 12.0 Å². The molecule has 0 radical (unpaired) electrons. The highest BCUT2D eigenvalue weighted by Crippen LogP contribution is 2.22. The van der Waals surface area contributed by atoms with E-state index >= 15 is 0 Å². The largest absolute Gasteiger partial charge is 0.308 e. The highest BCUT2D eigenvalue weighted by Gasteiger charge is 2.13. The maximum atomic E-state index is 5.87. The third-order valence-electron chi connectivity index (χ3n) is 3.03. The number of nitrogens with one attached hydrogen (secondary N) is 1. The molecule has 0 spiro atoms. The number of benzene rings is 1. The Hall–Kier alpha value is -1.38. The van der Waals surface area contributed by atoms with Gasteiger partial charge in [-0.3, -0.25) is 4.98 Å². The Morgan fingerprint density at radius 1 is 1.28 bits per heavy atom. The lowest BCUT2D eigenvalue weighted by molar-refractivity contribution is 0.670. The van der Waals surface area contributed by atoms with E-state index in [0.29, 0.717) is 5.02 Å². The molecule has 0 amide bonds. The molecule has 0 aliphatic rings. The third kappa shape index (κ3) is 2.89. The van der Waals surface area contributed by atoms with Gasteiger partial charge in [0.15, 0.2) is 0 Å². The first-order chi connectivity index (χ1) is 8.74. The molecular weight excluding hydrogens is 244 g/mol. The molecule has 1 heterocycles. The molecule has 3 heteroatoms. The van der Waals surface area contributed by atoms with E-state index < -0.39 is 0 Å². The SMILES string of the molecule is CCc1cccc(C(NC)c2ccc(Cl)cn2)c1. The second-order valence-corrected chi connectivity index (χ2v) is 4.66. The normalized spacial score (nSPS) is 12.4. The van der Waals surface area contributed by atoms with Crippen molar-refractivity contribution in [2.45, 2.75) is 19.4 Å². The first kappa shape index (κ1) is 13.1. The Kier molecular flexibility index (Phi) is 4.34. The van der Waals surface area contributed by atoms with E-state index in [1.165, 1.54) is 11.1 Å². The Balaban J connectivity index is 2.35. The van der Waals surface area contributed by atoms with Crippen molar-refractivity contribution in [1.82, 2.24) is 10.3 Å². The van der Waals surface area contributed by atoms with Crippen LogP contribution >= 0.6 is 11.6 Å². The molecule has 1 unspecified atom stereocenters. The summed E-state index contributed by atoms with van der Waals surface area (Å²) < 4.78 is 0. The lowest BCUT2D eigenvalue weighted by atomic mass is 10.00. The van der Waals surface area contributed by atoms with Crippen molar-refractivity contribution < 1.29 is 0 Å². The summed E-state index contributed by atoms with van der Waals surface area (Å²) in [4.78, 5) is 4.39. The third-order valence-corrected chi connectivity index (χ3v) is 3.25. The van der Waals surface area contributed by atoms with Crippen LogP contribution in [0.5, 0.6) is 0 Å². The highest BCUT2D eigenvalue weighted by molar-refractivity contribution is 6.30. The number of pyridine rings is 1. The van der Waals surface area contributed by atoms with Gasteiger partial charge in [0.2, 0.25) is 0 Å². The average Bonchev–Trinajstić information content (AvgIpc) is 2.42. The zero-order valence-corrected chi connectivity index (χ0v) is 11.4. The molecule has 1 aromatic carbocycles. The van der Waals surface area contributed by atoms with Crippen molar-refractivity contribution in [3.63, 3.8) is 0 Å². The lowest BCUT2D eigenvalue weighted by Gasteiger charge is -2.17. The summed E-state index contributed by atoms with van der Waals surface area (Å²) in [5.74, 6) is 0. The molecule has 1 atom stereocenters.